The number of carbonyl (C=O) groups is 1. The maximum atomic E-state index is 12.0. The van der Waals surface area contributed by atoms with E-state index in [1.165, 1.54) is 29.7 Å². The zero-order valence-electron chi connectivity index (χ0n) is 12.5. The highest BCUT2D eigenvalue weighted by atomic mass is 32.1. The smallest absolute Gasteiger partial charge is 0.278 e. The normalized spacial score (nSPS) is 10.8. The van der Waals surface area contributed by atoms with Crippen molar-refractivity contribution in [3.63, 3.8) is 0 Å². The number of aromatic nitrogens is 1. The van der Waals surface area contributed by atoms with Crippen LogP contribution in [0.5, 0.6) is 0 Å². The first kappa shape index (κ1) is 15.8. The Morgan fingerprint density at radius 2 is 1.96 bits per heavy atom. The van der Waals surface area contributed by atoms with Crippen molar-refractivity contribution in [1.29, 1.82) is 0 Å². The third-order valence-electron chi connectivity index (χ3n) is 3.34. The Balaban J connectivity index is 1.83. The minimum atomic E-state index is -0.392. The molecule has 0 aliphatic rings. The van der Waals surface area contributed by atoms with E-state index >= 15 is 0 Å². The summed E-state index contributed by atoms with van der Waals surface area (Å²) in [5, 5.41) is 11.1. The summed E-state index contributed by atoms with van der Waals surface area (Å²) in [5.74, 6) is -0.135. The van der Waals surface area contributed by atoms with E-state index in [2.05, 4.69) is 4.98 Å². The molecule has 0 fully saturated rings. The van der Waals surface area contributed by atoms with Crippen LogP contribution in [-0.2, 0) is 0 Å². The quantitative estimate of drug-likeness (QED) is 0.295. The van der Waals surface area contributed by atoms with Gasteiger partial charge in [0.2, 0.25) is 0 Å². The molecule has 1 aromatic carbocycles. The van der Waals surface area contributed by atoms with Crippen LogP contribution in [0.1, 0.15) is 15.2 Å². The number of thiophene rings is 1. The van der Waals surface area contributed by atoms with Crippen molar-refractivity contribution in [3.05, 3.63) is 87.6 Å². The van der Waals surface area contributed by atoms with Gasteiger partial charge in [0.1, 0.15) is 0 Å². The lowest BCUT2D eigenvalue weighted by Crippen LogP contribution is -1.93. The summed E-state index contributed by atoms with van der Waals surface area (Å²) in [4.78, 5) is 28.3. The van der Waals surface area contributed by atoms with Crippen LogP contribution < -0.4 is 0 Å². The van der Waals surface area contributed by atoms with Crippen molar-refractivity contribution in [1.82, 2.24) is 4.98 Å². The number of pyridine rings is 1. The lowest BCUT2D eigenvalue weighted by atomic mass is 10.1. The first-order valence-corrected chi connectivity index (χ1v) is 7.93. The number of rotatable bonds is 5. The number of hydrogen-bond donors (Lipinski definition) is 0. The molecule has 0 radical (unpaired) electrons. The van der Waals surface area contributed by atoms with Gasteiger partial charge in [-0.2, -0.15) is 0 Å². The molecule has 24 heavy (non-hydrogen) atoms. The third-order valence-corrected chi connectivity index (χ3v) is 4.42. The molecule has 3 rings (SSSR count). The molecular formula is C18H12N2O3S. The number of para-hydroxylation sites is 1. The maximum Gasteiger partial charge on any atom is 0.278 e. The highest BCUT2D eigenvalue weighted by Gasteiger charge is 2.15. The van der Waals surface area contributed by atoms with E-state index in [-0.39, 0.29) is 11.5 Å². The number of nitrogens with zero attached hydrogens (tertiary/aromatic N) is 2. The summed E-state index contributed by atoms with van der Waals surface area (Å²) in [6.07, 6.45) is 6.31. The van der Waals surface area contributed by atoms with Crippen LogP contribution in [-0.4, -0.2) is 15.7 Å². The molecule has 6 heteroatoms. The Hall–Kier alpha value is -3.12. The highest BCUT2D eigenvalue weighted by molar-refractivity contribution is 7.16. The average Bonchev–Trinajstić information content (AvgIpc) is 3.09. The van der Waals surface area contributed by atoms with E-state index in [9.17, 15) is 14.9 Å². The summed E-state index contributed by atoms with van der Waals surface area (Å²) in [6, 6.07) is 13.7. The van der Waals surface area contributed by atoms with E-state index in [1.807, 2.05) is 12.1 Å². The molecule has 0 aliphatic carbocycles. The SMILES string of the molecule is O=C(/C=C/c1ccc(-c2ccccc2[N+](=O)[O-])s1)c1cccnc1. The molecule has 0 aliphatic heterocycles. The fourth-order valence-corrected chi connectivity index (χ4v) is 3.14. The summed E-state index contributed by atoms with van der Waals surface area (Å²) in [7, 11) is 0. The van der Waals surface area contributed by atoms with Crippen molar-refractivity contribution in [2.45, 2.75) is 0 Å². The van der Waals surface area contributed by atoms with Gasteiger partial charge in [0.15, 0.2) is 5.78 Å². The molecule has 0 unspecified atom stereocenters. The highest BCUT2D eigenvalue weighted by Crippen LogP contribution is 2.34. The van der Waals surface area contributed by atoms with Crippen molar-refractivity contribution >= 4 is 28.9 Å². The monoisotopic (exact) mass is 336 g/mol. The van der Waals surface area contributed by atoms with Gasteiger partial charge in [0, 0.05) is 33.8 Å². The molecule has 0 N–H and O–H groups in total. The average molecular weight is 336 g/mol. The molecule has 0 bridgehead atoms. The maximum absolute atomic E-state index is 12.0. The van der Waals surface area contributed by atoms with Crippen LogP contribution in [0.4, 0.5) is 5.69 Å². The van der Waals surface area contributed by atoms with Gasteiger partial charge in [-0.3, -0.25) is 19.9 Å². The summed E-state index contributed by atoms with van der Waals surface area (Å²) < 4.78 is 0. The Morgan fingerprint density at radius 1 is 1.12 bits per heavy atom. The zero-order valence-corrected chi connectivity index (χ0v) is 13.3. The number of benzene rings is 1. The summed E-state index contributed by atoms with van der Waals surface area (Å²) >= 11 is 1.40. The van der Waals surface area contributed by atoms with E-state index in [1.54, 1.807) is 42.6 Å². The molecule has 3 aromatic rings. The van der Waals surface area contributed by atoms with Crippen molar-refractivity contribution in [2.75, 3.05) is 0 Å². The minimum Gasteiger partial charge on any atom is -0.289 e. The predicted molar refractivity (Wildman–Crippen MR) is 94.0 cm³/mol. The van der Waals surface area contributed by atoms with Gasteiger partial charge in [0.05, 0.1) is 10.5 Å². The molecule has 5 nitrogen and oxygen atoms in total. The van der Waals surface area contributed by atoms with Gasteiger partial charge in [-0.1, -0.05) is 12.1 Å². The molecule has 0 saturated heterocycles. The minimum absolute atomic E-state index is 0.0707. The Kier molecular flexibility index (Phi) is 4.58. The van der Waals surface area contributed by atoms with Gasteiger partial charge in [-0.05, 0) is 42.5 Å². The van der Waals surface area contributed by atoms with Crippen LogP contribution in [0.15, 0.2) is 67.0 Å². The first-order valence-electron chi connectivity index (χ1n) is 7.11. The lowest BCUT2D eigenvalue weighted by molar-refractivity contribution is -0.384. The summed E-state index contributed by atoms with van der Waals surface area (Å²) in [5.41, 5.74) is 1.16. The Bertz CT molecular complexity index is 917. The molecular weight excluding hydrogens is 324 g/mol. The molecule has 2 aromatic heterocycles. The van der Waals surface area contributed by atoms with Gasteiger partial charge < -0.3 is 0 Å². The number of hydrogen-bond acceptors (Lipinski definition) is 5. The van der Waals surface area contributed by atoms with Crippen LogP contribution in [0.25, 0.3) is 16.5 Å². The fraction of sp³-hybridized carbons (Fsp3) is 0. The molecule has 2 heterocycles. The number of carbonyl (C=O) groups excluding carboxylic acids is 1. The number of nitro benzene ring substituents is 1. The van der Waals surface area contributed by atoms with Crippen molar-refractivity contribution in [3.8, 4) is 10.4 Å². The predicted octanol–water partition coefficient (Wildman–Crippen LogP) is 4.61. The van der Waals surface area contributed by atoms with Crippen LogP contribution >= 0.6 is 11.3 Å². The van der Waals surface area contributed by atoms with E-state index in [0.717, 1.165) is 9.75 Å². The second kappa shape index (κ2) is 6.97. The second-order valence-corrected chi connectivity index (χ2v) is 6.03. The van der Waals surface area contributed by atoms with E-state index in [0.29, 0.717) is 11.1 Å². The van der Waals surface area contributed by atoms with Crippen molar-refractivity contribution in [2.24, 2.45) is 0 Å². The van der Waals surface area contributed by atoms with Gasteiger partial charge in [-0.25, -0.2) is 0 Å². The number of nitro groups is 1. The topological polar surface area (TPSA) is 73.1 Å². The summed E-state index contributed by atoms with van der Waals surface area (Å²) in [6.45, 7) is 0. The molecule has 0 saturated carbocycles. The van der Waals surface area contributed by atoms with Crippen molar-refractivity contribution < 1.29 is 9.72 Å². The molecule has 0 atom stereocenters. The van der Waals surface area contributed by atoms with Crippen LogP contribution in [0.2, 0.25) is 0 Å². The third kappa shape index (κ3) is 3.44. The molecule has 0 amide bonds. The largest absolute Gasteiger partial charge is 0.289 e. The Morgan fingerprint density at radius 3 is 2.71 bits per heavy atom. The zero-order chi connectivity index (χ0) is 16.9. The number of ketones is 1. The van der Waals surface area contributed by atoms with E-state index < -0.39 is 4.92 Å². The van der Waals surface area contributed by atoms with Crippen LogP contribution in [0.3, 0.4) is 0 Å². The fourth-order valence-electron chi connectivity index (χ4n) is 2.19. The molecule has 118 valence electrons. The second-order valence-electron chi connectivity index (χ2n) is 4.92. The Labute approximate surface area is 142 Å². The first-order chi connectivity index (χ1) is 11.6. The molecule has 0 spiro atoms. The van der Waals surface area contributed by atoms with Gasteiger partial charge >= 0.3 is 0 Å². The van der Waals surface area contributed by atoms with Crippen LogP contribution in [0, 0.1) is 10.1 Å². The van der Waals surface area contributed by atoms with Gasteiger partial charge in [-0.15, -0.1) is 11.3 Å². The van der Waals surface area contributed by atoms with Gasteiger partial charge in [0.25, 0.3) is 5.69 Å². The lowest BCUT2D eigenvalue weighted by Gasteiger charge is -1.98. The van der Waals surface area contributed by atoms with E-state index in [4.69, 9.17) is 0 Å². The standard InChI is InChI=1S/C18H12N2O3S/c21-17(13-4-3-11-19-12-13)9-7-14-8-10-18(24-14)15-5-1-2-6-16(15)20(22)23/h1-12H/b9-7+. The number of allylic oxidation sites excluding steroid dienone is 1.